The number of carbonyl (C=O) groups excluding carboxylic acids is 2. The maximum atomic E-state index is 11.5. The van der Waals surface area contributed by atoms with Crippen LogP contribution in [0.2, 0.25) is 0 Å². The second-order valence-corrected chi connectivity index (χ2v) is 3.87. The summed E-state index contributed by atoms with van der Waals surface area (Å²) < 4.78 is 10.7. The van der Waals surface area contributed by atoms with Crippen LogP contribution in [0, 0.1) is 0 Å². The van der Waals surface area contributed by atoms with Crippen LogP contribution >= 0.6 is 0 Å². The molecule has 0 radical (unpaired) electrons. The zero-order chi connectivity index (χ0) is 10.7. The Balaban J connectivity index is 1.82. The van der Waals surface area contributed by atoms with Crippen molar-refractivity contribution >= 4 is 11.7 Å². The minimum absolute atomic E-state index is 0.0316. The molecular formula is C10H15NO4. The molecule has 0 aromatic carbocycles. The lowest BCUT2D eigenvalue weighted by atomic mass is 10.1. The highest BCUT2D eigenvalue weighted by molar-refractivity contribution is 6.00. The summed E-state index contributed by atoms with van der Waals surface area (Å²) in [7, 11) is 0. The number of Topliss-reactive ketones (excluding diaryl/α,β-unsaturated/α-hetero) is 1. The molecule has 84 valence electrons. The second kappa shape index (κ2) is 4.72. The van der Waals surface area contributed by atoms with Gasteiger partial charge >= 0.3 is 0 Å². The molecule has 0 aromatic rings. The van der Waals surface area contributed by atoms with Crippen LogP contribution in [0.4, 0.5) is 0 Å². The van der Waals surface area contributed by atoms with Crippen LogP contribution in [0.25, 0.3) is 0 Å². The lowest BCUT2D eigenvalue weighted by Crippen LogP contribution is -2.46. The topological polar surface area (TPSA) is 55.8 Å². The normalized spacial score (nSPS) is 28.3. The molecule has 2 fully saturated rings. The van der Waals surface area contributed by atoms with Gasteiger partial charge in [-0.25, -0.2) is 0 Å². The standard InChI is InChI=1S/C10H15NO4/c12-8-1-2-11(10(13)5-8)6-9-7-14-3-4-15-9/h9H,1-7H2. The highest BCUT2D eigenvalue weighted by Crippen LogP contribution is 2.10. The van der Waals surface area contributed by atoms with Gasteiger partial charge in [0.05, 0.1) is 32.3 Å². The SMILES string of the molecule is O=C1CCN(CC2COCCO2)C(=O)C1. The molecule has 2 heterocycles. The van der Waals surface area contributed by atoms with E-state index >= 15 is 0 Å². The van der Waals surface area contributed by atoms with Gasteiger partial charge in [-0.2, -0.15) is 0 Å². The molecule has 2 saturated heterocycles. The van der Waals surface area contributed by atoms with E-state index < -0.39 is 0 Å². The van der Waals surface area contributed by atoms with Crippen LogP contribution < -0.4 is 0 Å². The zero-order valence-corrected chi connectivity index (χ0v) is 8.61. The third-order valence-corrected chi connectivity index (χ3v) is 2.67. The van der Waals surface area contributed by atoms with Crippen LogP contribution in [0.1, 0.15) is 12.8 Å². The summed E-state index contributed by atoms with van der Waals surface area (Å²) in [4.78, 5) is 24.2. The summed E-state index contributed by atoms with van der Waals surface area (Å²) in [5.74, 6) is -0.0440. The van der Waals surface area contributed by atoms with Crippen molar-refractivity contribution in [3.63, 3.8) is 0 Å². The van der Waals surface area contributed by atoms with E-state index in [1.165, 1.54) is 0 Å². The van der Waals surface area contributed by atoms with Gasteiger partial charge in [0.1, 0.15) is 5.78 Å². The molecule has 0 saturated carbocycles. The molecule has 5 nitrogen and oxygen atoms in total. The van der Waals surface area contributed by atoms with Gasteiger partial charge < -0.3 is 14.4 Å². The van der Waals surface area contributed by atoms with Gasteiger partial charge in [-0.15, -0.1) is 0 Å². The number of rotatable bonds is 2. The molecule has 1 atom stereocenters. The molecule has 5 heteroatoms. The fraction of sp³-hybridized carbons (Fsp3) is 0.800. The number of nitrogens with zero attached hydrogens (tertiary/aromatic N) is 1. The molecule has 2 aliphatic rings. The summed E-state index contributed by atoms with van der Waals surface area (Å²) in [5.41, 5.74) is 0. The van der Waals surface area contributed by atoms with E-state index in [-0.39, 0.29) is 24.2 Å². The molecule has 0 spiro atoms. The van der Waals surface area contributed by atoms with Crippen molar-refractivity contribution in [1.82, 2.24) is 4.90 Å². The highest BCUT2D eigenvalue weighted by Gasteiger charge is 2.27. The molecule has 0 bridgehead atoms. The predicted octanol–water partition coefficient (Wildman–Crippen LogP) is -0.407. The zero-order valence-electron chi connectivity index (χ0n) is 8.61. The van der Waals surface area contributed by atoms with Crippen LogP contribution in [0.5, 0.6) is 0 Å². The molecule has 2 aliphatic heterocycles. The van der Waals surface area contributed by atoms with Crippen molar-refractivity contribution < 1.29 is 19.1 Å². The lowest BCUT2D eigenvalue weighted by Gasteiger charge is -2.31. The van der Waals surface area contributed by atoms with E-state index in [0.29, 0.717) is 39.3 Å². The number of ether oxygens (including phenoxy) is 2. The van der Waals surface area contributed by atoms with Crippen LogP contribution in [0.3, 0.4) is 0 Å². The summed E-state index contributed by atoms with van der Waals surface area (Å²) in [5, 5.41) is 0. The fourth-order valence-electron chi connectivity index (χ4n) is 1.83. The third kappa shape index (κ3) is 2.76. The molecule has 0 aromatic heterocycles. The highest BCUT2D eigenvalue weighted by atomic mass is 16.6. The van der Waals surface area contributed by atoms with Gasteiger partial charge in [-0.1, -0.05) is 0 Å². The van der Waals surface area contributed by atoms with E-state index in [4.69, 9.17) is 9.47 Å². The van der Waals surface area contributed by atoms with Crippen molar-refractivity contribution in [3.05, 3.63) is 0 Å². The van der Waals surface area contributed by atoms with Gasteiger partial charge in [0.15, 0.2) is 0 Å². The number of hydrogen-bond donors (Lipinski definition) is 0. The molecular weight excluding hydrogens is 198 g/mol. The van der Waals surface area contributed by atoms with Gasteiger partial charge in [-0.05, 0) is 0 Å². The molecule has 2 rings (SSSR count). The second-order valence-electron chi connectivity index (χ2n) is 3.87. The van der Waals surface area contributed by atoms with E-state index in [1.54, 1.807) is 4.90 Å². The van der Waals surface area contributed by atoms with Crippen LogP contribution in [-0.2, 0) is 19.1 Å². The fourth-order valence-corrected chi connectivity index (χ4v) is 1.83. The Morgan fingerprint density at radius 2 is 2.20 bits per heavy atom. The average Bonchev–Trinajstić information content (AvgIpc) is 2.24. The average molecular weight is 213 g/mol. The van der Waals surface area contributed by atoms with Gasteiger partial charge in [0.25, 0.3) is 0 Å². The van der Waals surface area contributed by atoms with E-state index in [9.17, 15) is 9.59 Å². The summed E-state index contributed by atoms with van der Waals surface area (Å²) >= 11 is 0. The first-order chi connectivity index (χ1) is 7.25. The number of likely N-dealkylation sites (tertiary alicyclic amines) is 1. The van der Waals surface area contributed by atoms with E-state index in [0.717, 1.165) is 0 Å². The Bertz CT molecular complexity index is 260. The smallest absolute Gasteiger partial charge is 0.230 e. The van der Waals surface area contributed by atoms with Crippen molar-refractivity contribution in [2.75, 3.05) is 32.9 Å². The van der Waals surface area contributed by atoms with Crippen molar-refractivity contribution in [3.8, 4) is 0 Å². The first-order valence-electron chi connectivity index (χ1n) is 5.24. The number of piperidine rings is 1. The Morgan fingerprint density at radius 3 is 2.87 bits per heavy atom. The van der Waals surface area contributed by atoms with E-state index in [2.05, 4.69) is 0 Å². The predicted molar refractivity (Wildman–Crippen MR) is 51.4 cm³/mol. The Hall–Kier alpha value is -0.940. The first-order valence-corrected chi connectivity index (χ1v) is 5.24. The van der Waals surface area contributed by atoms with Crippen molar-refractivity contribution in [2.45, 2.75) is 18.9 Å². The molecule has 1 unspecified atom stereocenters. The molecule has 0 aliphatic carbocycles. The minimum Gasteiger partial charge on any atom is -0.376 e. The van der Waals surface area contributed by atoms with Crippen molar-refractivity contribution in [2.24, 2.45) is 0 Å². The summed E-state index contributed by atoms with van der Waals surface area (Å²) in [6, 6.07) is 0. The Kier molecular flexibility index (Phi) is 3.33. The maximum absolute atomic E-state index is 11.5. The third-order valence-electron chi connectivity index (χ3n) is 2.67. The number of amides is 1. The van der Waals surface area contributed by atoms with E-state index in [1.807, 2.05) is 0 Å². The quantitative estimate of drug-likeness (QED) is 0.585. The van der Waals surface area contributed by atoms with Gasteiger partial charge in [-0.3, -0.25) is 9.59 Å². The molecule has 1 amide bonds. The summed E-state index contributed by atoms with van der Waals surface area (Å²) in [6.45, 7) is 2.83. The van der Waals surface area contributed by atoms with Crippen LogP contribution in [0.15, 0.2) is 0 Å². The summed E-state index contributed by atoms with van der Waals surface area (Å²) in [6.07, 6.45) is 0.489. The largest absolute Gasteiger partial charge is 0.376 e. The number of carbonyl (C=O) groups is 2. The van der Waals surface area contributed by atoms with Crippen LogP contribution in [-0.4, -0.2) is 55.6 Å². The lowest BCUT2D eigenvalue weighted by molar-refractivity contribution is -0.145. The Labute approximate surface area is 88.3 Å². The van der Waals surface area contributed by atoms with Gasteiger partial charge in [0, 0.05) is 19.5 Å². The molecule has 15 heavy (non-hydrogen) atoms. The minimum atomic E-state index is -0.0829. The van der Waals surface area contributed by atoms with Crippen molar-refractivity contribution in [1.29, 1.82) is 0 Å². The number of ketones is 1. The first kappa shape index (κ1) is 10.6. The Morgan fingerprint density at radius 1 is 1.33 bits per heavy atom. The monoisotopic (exact) mass is 213 g/mol. The number of hydrogen-bond acceptors (Lipinski definition) is 4. The van der Waals surface area contributed by atoms with Gasteiger partial charge in [0.2, 0.25) is 5.91 Å². The molecule has 0 N–H and O–H groups in total. The maximum Gasteiger partial charge on any atom is 0.230 e.